The Morgan fingerprint density at radius 2 is 1.50 bits per heavy atom. The zero-order valence-electron chi connectivity index (χ0n) is 8.97. The highest BCUT2D eigenvalue weighted by Crippen LogP contribution is 2.04. The van der Waals surface area contributed by atoms with Gasteiger partial charge in [0.05, 0.1) is 5.56 Å². The molecule has 0 atom stereocenters. The van der Waals surface area contributed by atoms with Crippen molar-refractivity contribution in [1.82, 2.24) is 5.06 Å². The quantitative estimate of drug-likeness (QED) is 0.667. The van der Waals surface area contributed by atoms with Gasteiger partial charge in [0.15, 0.2) is 0 Å². The summed E-state index contributed by atoms with van der Waals surface area (Å²) in [5, 5.41) is 0.426. The molecule has 0 radical (unpaired) electrons. The molecule has 5 heteroatoms. The molecule has 0 bridgehead atoms. The smallest absolute Gasteiger partial charge is 0.325 e. The van der Waals surface area contributed by atoms with Crippen molar-refractivity contribution >= 4 is 17.8 Å². The highest BCUT2D eigenvalue weighted by atomic mass is 16.7. The molecule has 1 rings (SSSR count). The summed E-state index contributed by atoms with van der Waals surface area (Å²) in [6.07, 6.45) is 0. The van der Waals surface area contributed by atoms with Gasteiger partial charge in [0.1, 0.15) is 0 Å². The second-order valence-electron chi connectivity index (χ2n) is 3.08. The highest BCUT2D eigenvalue weighted by molar-refractivity contribution is 5.96. The molecule has 0 spiro atoms. The highest BCUT2D eigenvalue weighted by Gasteiger charge is 2.20. The van der Waals surface area contributed by atoms with Crippen LogP contribution in [0.15, 0.2) is 30.3 Å². The molecular weight excluding hydrogens is 210 g/mol. The van der Waals surface area contributed by atoms with Crippen molar-refractivity contribution in [2.75, 3.05) is 0 Å². The van der Waals surface area contributed by atoms with E-state index in [0.717, 1.165) is 13.8 Å². The van der Waals surface area contributed by atoms with Crippen LogP contribution < -0.4 is 0 Å². The minimum Gasteiger partial charge on any atom is -0.325 e. The average molecular weight is 221 g/mol. The summed E-state index contributed by atoms with van der Waals surface area (Å²) < 4.78 is 0. The molecule has 0 aliphatic carbocycles. The predicted molar refractivity (Wildman–Crippen MR) is 55.1 cm³/mol. The predicted octanol–water partition coefficient (Wildman–Crippen LogP) is 1.15. The maximum atomic E-state index is 11.5. The fourth-order valence-electron chi connectivity index (χ4n) is 1.06. The van der Waals surface area contributed by atoms with Crippen molar-refractivity contribution in [2.24, 2.45) is 0 Å². The fourth-order valence-corrected chi connectivity index (χ4v) is 1.06. The van der Waals surface area contributed by atoms with Gasteiger partial charge in [-0.1, -0.05) is 18.2 Å². The second kappa shape index (κ2) is 5.06. The topological polar surface area (TPSA) is 63.7 Å². The molecule has 84 valence electrons. The van der Waals surface area contributed by atoms with E-state index in [1.165, 1.54) is 12.1 Å². The van der Waals surface area contributed by atoms with Crippen LogP contribution in [0.2, 0.25) is 0 Å². The van der Waals surface area contributed by atoms with Gasteiger partial charge in [0.25, 0.3) is 11.8 Å². The zero-order valence-corrected chi connectivity index (χ0v) is 8.97. The van der Waals surface area contributed by atoms with E-state index in [1.54, 1.807) is 18.2 Å². The molecule has 0 heterocycles. The van der Waals surface area contributed by atoms with Gasteiger partial charge >= 0.3 is 5.97 Å². The summed E-state index contributed by atoms with van der Waals surface area (Å²) >= 11 is 0. The van der Waals surface area contributed by atoms with E-state index in [1.807, 2.05) is 0 Å². The van der Waals surface area contributed by atoms with Crippen molar-refractivity contribution in [3.05, 3.63) is 35.9 Å². The van der Waals surface area contributed by atoms with E-state index >= 15 is 0 Å². The number of rotatable bonds is 1. The van der Waals surface area contributed by atoms with Gasteiger partial charge in [-0.15, -0.1) is 5.06 Å². The van der Waals surface area contributed by atoms with E-state index in [4.69, 9.17) is 0 Å². The Kier molecular flexibility index (Phi) is 3.77. The van der Waals surface area contributed by atoms with E-state index in [9.17, 15) is 14.4 Å². The monoisotopic (exact) mass is 221 g/mol. The van der Waals surface area contributed by atoms with Gasteiger partial charge in [-0.3, -0.25) is 9.59 Å². The number of amides is 2. The van der Waals surface area contributed by atoms with Crippen LogP contribution in [0, 0.1) is 0 Å². The summed E-state index contributed by atoms with van der Waals surface area (Å²) in [6, 6.07) is 8.11. The van der Waals surface area contributed by atoms with Crippen LogP contribution in [0.25, 0.3) is 0 Å². The number of hydrogen-bond donors (Lipinski definition) is 0. The second-order valence-corrected chi connectivity index (χ2v) is 3.08. The molecule has 16 heavy (non-hydrogen) atoms. The van der Waals surface area contributed by atoms with Gasteiger partial charge < -0.3 is 4.84 Å². The first-order chi connectivity index (χ1) is 7.52. The number of carbonyl (C=O) groups is 3. The Labute approximate surface area is 92.6 Å². The van der Waals surface area contributed by atoms with Crippen molar-refractivity contribution in [1.29, 1.82) is 0 Å². The van der Waals surface area contributed by atoms with Crippen LogP contribution in [0.5, 0.6) is 0 Å². The Balaban J connectivity index is 2.77. The Morgan fingerprint density at radius 3 is 1.94 bits per heavy atom. The maximum Gasteiger partial charge on any atom is 0.363 e. The lowest BCUT2D eigenvalue weighted by Crippen LogP contribution is -2.35. The summed E-state index contributed by atoms with van der Waals surface area (Å²) in [7, 11) is 0. The number of benzene rings is 1. The molecule has 0 aliphatic heterocycles. The number of nitrogens with zero attached hydrogens (tertiary/aromatic N) is 1. The summed E-state index contributed by atoms with van der Waals surface area (Å²) in [5.41, 5.74) is 0.273. The third-order valence-electron chi connectivity index (χ3n) is 1.76. The number of hydrogen-bond acceptors (Lipinski definition) is 4. The SMILES string of the molecule is CC(=O)N(OC(=O)c1ccccc1)C(C)=O. The van der Waals surface area contributed by atoms with Crippen LogP contribution >= 0.6 is 0 Å². The molecule has 0 unspecified atom stereocenters. The molecule has 0 fully saturated rings. The van der Waals surface area contributed by atoms with Crippen molar-refractivity contribution in [3.8, 4) is 0 Å². The summed E-state index contributed by atoms with van der Waals surface area (Å²) in [5.74, 6) is -2.03. The first-order valence-electron chi connectivity index (χ1n) is 4.61. The number of hydroxylamine groups is 2. The molecule has 0 aliphatic rings. The van der Waals surface area contributed by atoms with Crippen LogP contribution in [0.3, 0.4) is 0 Å². The lowest BCUT2D eigenvalue weighted by molar-refractivity contribution is -0.177. The molecule has 0 N–H and O–H groups in total. The Hall–Kier alpha value is -2.17. The Morgan fingerprint density at radius 1 is 1.00 bits per heavy atom. The van der Waals surface area contributed by atoms with E-state index < -0.39 is 17.8 Å². The first-order valence-corrected chi connectivity index (χ1v) is 4.61. The Bertz CT molecular complexity index is 399. The van der Waals surface area contributed by atoms with Crippen molar-refractivity contribution in [2.45, 2.75) is 13.8 Å². The molecule has 5 nitrogen and oxygen atoms in total. The molecule has 0 aromatic heterocycles. The number of imide groups is 1. The fraction of sp³-hybridized carbons (Fsp3) is 0.182. The van der Waals surface area contributed by atoms with Gasteiger partial charge in [-0.05, 0) is 12.1 Å². The molecule has 2 amide bonds. The largest absolute Gasteiger partial charge is 0.363 e. The van der Waals surface area contributed by atoms with Crippen LogP contribution in [0.4, 0.5) is 0 Å². The number of carbonyl (C=O) groups excluding carboxylic acids is 3. The molecular formula is C11H11NO4. The molecule has 1 aromatic carbocycles. The molecule has 0 saturated carbocycles. The van der Waals surface area contributed by atoms with E-state index in [0.29, 0.717) is 5.06 Å². The third kappa shape index (κ3) is 2.91. The first kappa shape index (κ1) is 11.9. The maximum absolute atomic E-state index is 11.5. The third-order valence-corrected chi connectivity index (χ3v) is 1.76. The lowest BCUT2D eigenvalue weighted by Gasteiger charge is -2.15. The van der Waals surface area contributed by atoms with E-state index in [-0.39, 0.29) is 5.56 Å². The zero-order chi connectivity index (χ0) is 12.1. The van der Waals surface area contributed by atoms with Crippen molar-refractivity contribution in [3.63, 3.8) is 0 Å². The van der Waals surface area contributed by atoms with Crippen molar-refractivity contribution < 1.29 is 19.2 Å². The van der Waals surface area contributed by atoms with Gasteiger partial charge in [0.2, 0.25) is 0 Å². The summed E-state index contributed by atoms with van der Waals surface area (Å²) in [6.45, 7) is 2.28. The average Bonchev–Trinajstić information content (AvgIpc) is 2.25. The van der Waals surface area contributed by atoms with Gasteiger partial charge in [-0.2, -0.15) is 0 Å². The molecule has 1 aromatic rings. The lowest BCUT2D eigenvalue weighted by atomic mass is 10.2. The minimum atomic E-state index is -0.744. The van der Waals surface area contributed by atoms with Crippen LogP contribution in [-0.4, -0.2) is 22.8 Å². The van der Waals surface area contributed by atoms with Gasteiger partial charge in [-0.25, -0.2) is 4.79 Å². The normalized spacial score (nSPS) is 9.38. The van der Waals surface area contributed by atoms with Crippen LogP contribution in [0.1, 0.15) is 24.2 Å². The standard InChI is InChI=1S/C11H11NO4/c1-8(13)12(9(2)14)16-11(15)10-6-4-3-5-7-10/h3-7H,1-2H3. The van der Waals surface area contributed by atoms with E-state index in [2.05, 4.69) is 4.84 Å². The van der Waals surface area contributed by atoms with Gasteiger partial charge in [0, 0.05) is 13.8 Å². The minimum absolute atomic E-state index is 0.273. The van der Waals surface area contributed by atoms with Crippen LogP contribution in [-0.2, 0) is 14.4 Å². The summed E-state index contributed by atoms with van der Waals surface area (Å²) in [4.78, 5) is 38.1. The molecule has 0 saturated heterocycles.